The van der Waals surface area contributed by atoms with E-state index in [1.165, 1.54) is 0 Å². The van der Waals surface area contributed by atoms with E-state index >= 15 is 0 Å². The first kappa shape index (κ1) is 21.4. The predicted octanol–water partition coefficient (Wildman–Crippen LogP) is 4.52. The van der Waals surface area contributed by atoms with Crippen LogP contribution in [0.5, 0.6) is 5.75 Å². The second-order valence-corrected chi connectivity index (χ2v) is 7.39. The van der Waals surface area contributed by atoms with Crippen molar-refractivity contribution in [2.24, 2.45) is 0 Å². The first-order valence-electron chi connectivity index (χ1n) is 10.1. The van der Waals surface area contributed by atoms with Crippen molar-refractivity contribution in [1.29, 1.82) is 0 Å². The number of carbonyl (C=O) groups is 1. The lowest BCUT2D eigenvalue weighted by molar-refractivity contribution is -0.115. The smallest absolute Gasteiger partial charge is 0.228 e. The molecule has 156 valence electrons. The van der Waals surface area contributed by atoms with E-state index in [4.69, 9.17) is 4.74 Å². The molecule has 0 aliphatic heterocycles. The predicted molar refractivity (Wildman–Crippen MR) is 124 cm³/mol. The van der Waals surface area contributed by atoms with Crippen molar-refractivity contribution in [3.8, 4) is 16.9 Å². The van der Waals surface area contributed by atoms with Gasteiger partial charge in [0, 0.05) is 35.6 Å². The molecule has 0 saturated heterocycles. The fourth-order valence-corrected chi connectivity index (χ4v) is 3.24. The molecule has 3 aromatic carbocycles. The highest BCUT2D eigenvalue weighted by Crippen LogP contribution is 2.33. The van der Waals surface area contributed by atoms with E-state index in [1.54, 1.807) is 7.11 Å². The van der Waals surface area contributed by atoms with Crippen LogP contribution in [-0.4, -0.2) is 45.1 Å². The van der Waals surface area contributed by atoms with E-state index in [1.807, 2.05) is 60.7 Å². The number of hydrogen-bond acceptors (Lipinski definition) is 4. The number of ether oxygens (including phenoxy) is 1. The summed E-state index contributed by atoms with van der Waals surface area (Å²) in [5.74, 6) is 0.730. The van der Waals surface area contributed by atoms with Crippen molar-refractivity contribution in [1.82, 2.24) is 4.90 Å². The highest BCUT2D eigenvalue weighted by molar-refractivity contribution is 5.98. The Morgan fingerprint density at radius 1 is 0.867 bits per heavy atom. The Balaban J connectivity index is 1.76. The number of likely N-dealkylation sites (N-methyl/N-ethyl adjacent to an activating group) is 1. The van der Waals surface area contributed by atoms with Gasteiger partial charge >= 0.3 is 0 Å². The lowest BCUT2D eigenvalue weighted by atomic mass is 10.0. The number of para-hydroxylation sites is 2. The Hall–Kier alpha value is -3.31. The van der Waals surface area contributed by atoms with E-state index in [0.717, 1.165) is 46.9 Å². The number of hydrogen-bond donors (Lipinski definition) is 2. The monoisotopic (exact) mass is 403 g/mol. The van der Waals surface area contributed by atoms with E-state index in [2.05, 4.69) is 41.8 Å². The van der Waals surface area contributed by atoms with Gasteiger partial charge in [0.1, 0.15) is 5.75 Å². The molecular formula is C25H29N3O2. The average molecular weight is 404 g/mol. The number of methoxy groups -OCH3 is 1. The van der Waals surface area contributed by atoms with Gasteiger partial charge in [-0.1, -0.05) is 48.5 Å². The van der Waals surface area contributed by atoms with Gasteiger partial charge < -0.3 is 20.3 Å². The molecule has 0 spiro atoms. The van der Waals surface area contributed by atoms with Gasteiger partial charge in [0.25, 0.3) is 0 Å². The highest BCUT2D eigenvalue weighted by atomic mass is 16.5. The van der Waals surface area contributed by atoms with Crippen molar-refractivity contribution in [3.63, 3.8) is 0 Å². The Bertz CT molecular complexity index is 968. The molecule has 0 bridgehead atoms. The zero-order valence-corrected chi connectivity index (χ0v) is 17.8. The van der Waals surface area contributed by atoms with Crippen LogP contribution in [-0.2, 0) is 11.2 Å². The largest absolute Gasteiger partial charge is 0.497 e. The topological polar surface area (TPSA) is 53.6 Å². The van der Waals surface area contributed by atoms with Crippen LogP contribution in [0.15, 0.2) is 72.8 Å². The van der Waals surface area contributed by atoms with Crippen molar-refractivity contribution in [3.05, 3.63) is 78.4 Å². The molecule has 0 atom stereocenters. The number of carbonyl (C=O) groups excluding carboxylic acids is 1. The van der Waals surface area contributed by atoms with Crippen molar-refractivity contribution in [2.75, 3.05) is 44.9 Å². The molecule has 0 aromatic heterocycles. The minimum Gasteiger partial charge on any atom is -0.497 e. The Morgan fingerprint density at radius 3 is 2.10 bits per heavy atom. The molecule has 2 N–H and O–H groups in total. The molecule has 0 saturated carbocycles. The van der Waals surface area contributed by atoms with Crippen LogP contribution in [0.25, 0.3) is 11.1 Å². The summed E-state index contributed by atoms with van der Waals surface area (Å²) in [6, 6.07) is 23.6. The summed E-state index contributed by atoms with van der Waals surface area (Å²) in [5.41, 5.74) is 4.86. The Labute approximate surface area is 178 Å². The third-order valence-electron chi connectivity index (χ3n) is 4.82. The van der Waals surface area contributed by atoms with Crippen molar-refractivity contribution >= 4 is 17.3 Å². The summed E-state index contributed by atoms with van der Waals surface area (Å²) < 4.78 is 5.18. The number of benzene rings is 3. The fourth-order valence-electron chi connectivity index (χ4n) is 3.24. The van der Waals surface area contributed by atoms with E-state index < -0.39 is 0 Å². The molecule has 3 aromatic rings. The van der Waals surface area contributed by atoms with Crippen LogP contribution < -0.4 is 15.4 Å². The average Bonchev–Trinajstić information content (AvgIpc) is 2.75. The summed E-state index contributed by atoms with van der Waals surface area (Å²) in [7, 11) is 5.74. The van der Waals surface area contributed by atoms with Gasteiger partial charge in [0.2, 0.25) is 5.91 Å². The van der Waals surface area contributed by atoms with Gasteiger partial charge in [0.15, 0.2) is 0 Å². The fraction of sp³-hybridized carbons (Fsp3) is 0.240. The van der Waals surface area contributed by atoms with E-state index in [0.29, 0.717) is 6.42 Å². The normalized spacial score (nSPS) is 10.7. The molecular weight excluding hydrogens is 374 g/mol. The summed E-state index contributed by atoms with van der Waals surface area (Å²) in [6.07, 6.45) is 0.307. The molecule has 0 unspecified atom stereocenters. The molecule has 1 amide bonds. The number of amides is 1. The van der Waals surface area contributed by atoms with Crippen molar-refractivity contribution in [2.45, 2.75) is 6.42 Å². The molecule has 3 rings (SSSR count). The minimum atomic E-state index is -0.0503. The number of nitrogens with one attached hydrogen (secondary N) is 2. The lowest BCUT2D eigenvalue weighted by Crippen LogP contribution is -2.21. The van der Waals surface area contributed by atoms with Gasteiger partial charge in [-0.15, -0.1) is 0 Å². The molecule has 5 heteroatoms. The van der Waals surface area contributed by atoms with Crippen LogP contribution in [0.2, 0.25) is 0 Å². The zero-order chi connectivity index (χ0) is 21.3. The van der Waals surface area contributed by atoms with Gasteiger partial charge in [-0.2, -0.15) is 0 Å². The minimum absolute atomic E-state index is 0.0503. The molecule has 0 aliphatic rings. The van der Waals surface area contributed by atoms with Gasteiger partial charge in [-0.05, 0) is 43.9 Å². The third kappa shape index (κ3) is 5.84. The Kier molecular flexibility index (Phi) is 7.46. The van der Waals surface area contributed by atoms with Crippen LogP contribution in [0.4, 0.5) is 11.4 Å². The SMILES string of the molecule is COc1ccc(CC(=O)Nc2ccccc2-c2ccccc2NCCN(C)C)cc1. The second-order valence-electron chi connectivity index (χ2n) is 7.39. The van der Waals surface area contributed by atoms with E-state index in [9.17, 15) is 4.79 Å². The van der Waals surface area contributed by atoms with Crippen LogP contribution in [0.1, 0.15) is 5.56 Å². The molecule has 30 heavy (non-hydrogen) atoms. The number of nitrogens with zero attached hydrogens (tertiary/aromatic N) is 1. The van der Waals surface area contributed by atoms with Crippen LogP contribution in [0.3, 0.4) is 0 Å². The summed E-state index contributed by atoms with van der Waals surface area (Å²) in [6.45, 7) is 1.78. The summed E-state index contributed by atoms with van der Waals surface area (Å²) >= 11 is 0. The first-order valence-corrected chi connectivity index (χ1v) is 10.1. The van der Waals surface area contributed by atoms with Crippen LogP contribution in [0, 0.1) is 0 Å². The molecule has 0 fully saturated rings. The standard InChI is InChI=1S/C25H29N3O2/c1-28(2)17-16-26-23-10-6-4-8-21(23)22-9-5-7-11-24(22)27-25(29)18-19-12-14-20(30-3)15-13-19/h4-15,26H,16-18H2,1-3H3,(H,27,29). The van der Waals surface area contributed by atoms with Gasteiger partial charge in [-0.25, -0.2) is 0 Å². The molecule has 0 heterocycles. The Morgan fingerprint density at radius 2 is 1.47 bits per heavy atom. The zero-order valence-electron chi connectivity index (χ0n) is 17.8. The van der Waals surface area contributed by atoms with Gasteiger partial charge in [0.05, 0.1) is 13.5 Å². The highest BCUT2D eigenvalue weighted by Gasteiger charge is 2.12. The maximum Gasteiger partial charge on any atom is 0.228 e. The maximum absolute atomic E-state index is 12.7. The molecule has 0 aliphatic carbocycles. The van der Waals surface area contributed by atoms with Gasteiger partial charge in [-0.3, -0.25) is 4.79 Å². The van der Waals surface area contributed by atoms with E-state index in [-0.39, 0.29) is 5.91 Å². The number of anilines is 2. The number of rotatable bonds is 9. The van der Waals surface area contributed by atoms with Crippen LogP contribution >= 0.6 is 0 Å². The molecule has 5 nitrogen and oxygen atoms in total. The molecule has 0 radical (unpaired) electrons. The lowest BCUT2D eigenvalue weighted by Gasteiger charge is -2.17. The first-order chi connectivity index (χ1) is 14.6. The third-order valence-corrected chi connectivity index (χ3v) is 4.82. The van der Waals surface area contributed by atoms with Crippen molar-refractivity contribution < 1.29 is 9.53 Å². The second kappa shape index (κ2) is 10.5. The summed E-state index contributed by atoms with van der Waals surface area (Å²) in [4.78, 5) is 14.8. The summed E-state index contributed by atoms with van der Waals surface area (Å²) in [5, 5.41) is 6.59. The quantitative estimate of drug-likeness (QED) is 0.552. The maximum atomic E-state index is 12.7.